The largest absolute Gasteiger partial charge is 0.387 e. The molecule has 2 aliphatic rings. The molecule has 0 bridgehead atoms. The first-order valence-corrected chi connectivity index (χ1v) is 10.0. The number of likely N-dealkylation sites (tertiary alicyclic amines) is 1. The van der Waals surface area contributed by atoms with Crippen LogP contribution in [0.2, 0.25) is 0 Å². The predicted octanol–water partition coefficient (Wildman–Crippen LogP) is -0.980. The van der Waals surface area contributed by atoms with Gasteiger partial charge in [-0.15, -0.1) is 0 Å². The maximum absolute atomic E-state index is 12.5. The summed E-state index contributed by atoms with van der Waals surface area (Å²) in [4.78, 5) is 27.0. The Bertz CT molecular complexity index is 854. The fourth-order valence-corrected chi connectivity index (χ4v) is 3.94. The van der Waals surface area contributed by atoms with Gasteiger partial charge in [0, 0.05) is 6.54 Å². The van der Waals surface area contributed by atoms with Crippen molar-refractivity contribution in [2.24, 2.45) is 0 Å². The van der Waals surface area contributed by atoms with Gasteiger partial charge < -0.3 is 30.9 Å². The molecule has 2 fully saturated rings. The van der Waals surface area contributed by atoms with Gasteiger partial charge in [0.15, 0.2) is 23.8 Å². The smallest absolute Gasteiger partial charge is 0.252 e. The van der Waals surface area contributed by atoms with E-state index in [1.807, 2.05) is 0 Å². The Balaban J connectivity index is 1.33. The maximum atomic E-state index is 12.5. The third kappa shape index (κ3) is 4.04. The van der Waals surface area contributed by atoms with Crippen LogP contribution in [0.25, 0.3) is 11.2 Å². The Morgan fingerprint density at radius 2 is 2.00 bits per heavy atom. The summed E-state index contributed by atoms with van der Waals surface area (Å²) in [6, 6.07) is 0. The molecule has 29 heavy (non-hydrogen) atoms. The van der Waals surface area contributed by atoms with Crippen molar-refractivity contribution in [3.8, 4) is 0 Å². The molecule has 158 valence electrons. The zero-order valence-electron chi connectivity index (χ0n) is 16.1. The van der Waals surface area contributed by atoms with Gasteiger partial charge in [-0.05, 0) is 45.3 Å². The van der Waals surface area contributed by atoms with E-state index >= 15 is 0 Å². The molecule has 0 radical (unpaired) electrons. The summed E-state index contributed by atoms with van der Waals surface area (Å²) in [5.74, 6) is -0.246. The van der Waals surface area contributed by atoms with Gasteiger partial charge in [0.1, 0.15) is 24.1 Å². The van der Waals surface area contributed by atoms with Crippen LogP contribution in [0.15, 0.2) is 12.7 Å². The quantitative estimate of drug-likeness (QED) is 0.426. The number of hydrogen-bond acceptors (Lipinski definition) is 9. The minimum absolute atomic E-state index is 0.199. The number of nitrogens with one attached hydrogen (secondary N) is 1. The first-order chi connectivity index (χ1) is 14.1. The van der Waals surface area contributed by atoms with Crippen molar-refractivity contribution in [1.29, 1.82) is 0 Å². The zero-order valence-corrected chi connectivity index (χ0v) is 16.1. The first kappa shape index (κ1) is 20.0. The number of ether oxygens (including phenoxy) is 1. The van der Waals surface area contributed by atoms with Gasteiger partial charge in [-0.2, -0.15) is 0 Å². The molecular formula is C18H27N7O4. The number of nitrogens with two attached hydrogens (primary N) is 1. The molecular weight excluding hydrogens is 378 g/mol. The first-order valence-electron chi connectivity index (χ1n) is 10.0. The van der Waals surface area contributed by atoms with Crippen LogP contribution in [-0.2, 0) is 9.53 Å². The molecule has 1 amide bonds. The number of anilines is 1. The fraction of sp³-hybridized carbons (Fsp3) is 0.667. The molecule has 0 aromatic carbocycles. The van der Waals surface area contributed by atoms with Gasteiger partial charge >= 0.3 is 0 Å². The molecule has 2 aromatic heterocycles. The van der Waals surface area contributed by atoms with Gasteiger partial charge in [-0.25, -0.2) is 15.0 Å². The predicted molar refractivity (Wildman–Crippen MR) is 104 cm³/mol. The lowest BCUT2D eigenvalue weighted by Gasteiger charge is -2.16. The van der Waals surface area contributed by atoms with Crippen LogP contribution in [0, 0.1) is 0 Å². The molecule has 0 saturated carbocycles. The van der Waals surface area contributed by atoms with Crippen molar-refractivity contribution in [2.45, 2.75) is 50.2 Å². The van der Waals surface area contributed by atoms with E-state index in [0.717, 1.165) is 32.5 Å². The van der Waals surface area contributed by atoms with Crippen LogP contribution in [-0.4, -0.2) is 85.0 Å². The Hall–Kier alpha value is -2.34. The van der Waals surface area contributed by atoms with Crippen molar-refractivity contribution in [1.82, 2.24) is 29.7 Å². The van der Waals surface area contributed by atoms with Crippen LogP contribution in [0.1, 0.15) is 31.9 Å². The highest BCUT2D eigenvalue weighted by atomic mass is 16.6. The second-order valence-electron chi connectivity index (χ2n) is 7.56. The van der Waals surface area contributed by atoms with Crippen molar-refractivity contribution >= 4 is 22.9 Å². The lowest BCUT2D eigenvalue weighted by molar-refractivity contribution is -0.137. The molecule has 5 N–H and O–H groups in total. The van der Waals surface area contributed by atoms with E-state index in [1.165, 1.54) is 30.1 Å². The van der Waals surface area contributed by atoms with E-state index in [2.05, 4.69) is 25.2 Å². The molecule has 4 atom stereocenters. The van der Waals surface area contributed by atoms with E-state index in [1.54, 1.807) is 0 Å². The average Bonchev–Trinajstić information content (AvgIpc) is 3.43. The van der Waals surface area contributed by atoms with E-state index in [4.69, 9.17) is 10.5 Å². The van der Waals surface area contributed by atoms with Gasteiger partial charge in [0.05, 0.1) is 6.33 Å². The Kier molecular flexibility index (Phi) is 5.90. The summed E-state index contributed by atoms with van der Waals surface area (Å²) in [6.07, 6.45) is 2.20. The van der Waals surface area contributed by atoms with Crippen LogP contribution in [0.5, 0.6) is 0 Å². The third-order valence-electron chi connectivity index (χ3n) is 5.56. The van der Waals surface area contributed by atoms with Gasteiger partial charge in [0.2, 0.25) is 0 Å². The second kappa shape index (κ2) is 8.57. The Labute approximate surface area is 167 Å². The Morgan fingerprint density at radius 3 is 2.79 bits per heavy atom. The van der Waals surface area contributed by atoms with Crippen LogP contribution < -0.4 is 11.1 Å². The second-order valence-corrected chi connectivity index (χ2v) is 7.56. The minimum Gasteiger partial charge on any atom is -0.387 e. The lowest BCUT2D eigenvalue weighted by atomic mass is 10.1. The van der Waals surface area contributed by atoms with Crippen molar-refractivity contribution in [3.63, 3.8) is 0 Å². The summed E-state index contributed by atoms with van der Waals surface area (Å²) in [6.45, 7) is 3.86. The average molecular weight is 405 g/mol. The SMILES string of the molecule is Nc1ncnc2c1ncn2[C@@H]1O[C@H](C(=O)NCCCCN2CCCC2)[C@H](O)C1O. The summed E-state index contributed by atoms with van der Waals surface area (Å²) in [7, 11) is 0. The summed E-state index contributed by atoms with van der Waals surface area (Å²) in [5.41, 5.74) is 6.50. The summed E-state index contributed by atoms with van der Waals surface area (Å²) < 4.78 is 7.13. The molecule has 1 unspecified atom stereocenters. The monoisotopic (exact) mass is 405 g/mol. The zero-order chi connectivity index (χ0) is 20.4. The van der Waals surface area contributed by atoms with Crippen LogP contribution in [0.4, 0.5) is 5.82 Å². The lowest BCUT2D eigenvalue weighted by Crippen LogP contribution is -2.43. The molecule has 4 rings (SSSR count). The normalized spacial score (nSPS) is 27.7. The topological polar surface area (TPSA) is 152 Å². The number of aliphatic hydroxyl groups is 2. The van der Waals surface area contributed by atoms with Crippen molar-refractivity contribution in [3.05, 3.63) is 12.7 Å². The summed E-state index contributed by atoms with van der Waals surface area (Å²) in [5, 5.41) is 23.5. The molecule has 4 heterocycles. The molecule has 0 spiro atoms. The van der Waals surface area contributed by atoms with Gasteiger partial charge in [-0.1, -0.05) is 0 Å². The number of amides is 1. The molecule has 2 saturated heterocycles. The van der Waals surface area contributed by atoms with E-state index in [0.29, 0.717) is 17.7 Å². The fourth-order valence-electron chi connectivity index (χ4n) is 3.94. The number of nitrogens with zero attached hydrogens (tertiary/aromatic N) is 5. The highest BCUT2D eigenvalue weighted by molar-refractivity contribution is 5.82. The maximum Gasteiger partial charge on any atom is 0.252 e. The number of nitrogen functional groups attached to an aromatic ring is 1. The van der Waals surface area contributed by atoms with Crippen LogP contribution >= 0.6 is 0 Å². The molecule has 2 aromatic rings. The number of carbonyl (C=O) groups is 1. The number of unbranched alkanes of at least 4 members (excludes halogenated alkanes) is 1. The standard InChI is InChI=1S/C18H27N7O4/c19-15-11-16(22-9-21-15)25(10-23-11)18-13(27)12(26)14(29-18)17(28)20-5-1-2-6-24-7-3-4-8-24/h9-10,12-14,18,26-27H,1-8H2,(H,20,28)(H2,19,21,22)/t12-,13?,14+,18-/m1/s1. The Morgan fingerprint density at radius 1 is 1.21 bits per heavy atom. The molecule has 11 nitrogen and oxygen atoms in total. The number of aliphatic hydroxyl groups excluding tert-OH is 2. The molecule has 11 heteroatoms. The number of rotatable bonds is 7. The number of carbonyl (C=O) groups excluding carboxylic acids is 1. The van der Waals surface area contributed by atoms with Crippen molar-refractivity contribution < 1.29 is 19.7 Å². The van der Waals surface area contributed by atoms with Gasteiger partial charge in [-0.3, -0.25) is 9.36 Å². The van der Waals surface area contributed by atoms with E-state index < -0.39 is 30.4 Å². The number of fused-ring (bicyclic) bond motifs is 1. The summed E-state index contributed by atoms with van der Waals surface area (Å²) >= 11 is 0. The number of hydrogen-bond donors (Lipinski definition) is 4. The van der Waals surface area contributed by atoms with E-state index in [-0.39, 0.29) is 5.82 Å². The number of aromatic nitrogens is 4. The van der Waals surface area contributed by atoms with E-state index in [9.17, 15) is 15.0 Å². The molecule has 0 aliphatic carbocycles. The highest BCUT2D eigenvalue weighted by Crippen LogP contribution is 2.32. The number of imidazole rings is 1. The third-order valence-corrected chi connectivity index (χ3v) is 5.56. The molecule has 2 aliphatic heterocycles. The van der Waals surface area contributed by atoms with Gasteiger partial charge in [0.25, 0.3) is 5.91 Å². The van der Waals surface area contributed by atoms with Crippen LogP contribution in [0.3, 0.4) is 0 Å². The minimum atomic E-state index is -1.36. The van der Waals surface area contributed by atoms with Crippen molar-refractivity contribution in [2.75, 3.05) is 31.9 Å². The highest BCUT2D eigenvalue weighted by Gasteiger charge is 2.47.